The summed E-state index contributed by atoms with van der Waals surface area (Å²) in [6.45, 7) is 18.8. The molecule has 3 rings (SSSR count). The van der Waals surface area contributed by atoms with Gasteiger partial charge in [-0.15, -0.1) is 11.8 Å². The molecule has 51 heavy (non-hydrogen) atoms. The van der Waals surface area contributed by atoms with Crippen molar-refractivity contribution in [3.63, 3.8) is 0 Å². The first-order valence-electron chi connectivity index (χ1n) is 17.5. The maximum Gasteiger partial charge on any atom is 0.254 e. The van der Waals surface area contributed by atoms with Crippen LogP contribution in [0.4, 0.5) is 0 Å². The Morgan fingerprint density at radius 3 is 1.96 bits per heavy atom. The van der Waals surface area contributed by atoms with Crippen LogP contribution in [0.25, 0.3) is 0 Å². The van der Waals surface area contributed by atoms with Crippen molar-refractivity contribution >= 4 is 41.3 Å². The molecule has 2 aromatic rings. The average Bonchev–Trinajstić information content (AvgIpc) is 3.38. The van der Waals surface area contributed by atoms with Crippen molar-refractivity contribution in [2.75, 3.05) is 12.4 Å². The molecule has 11 nitrogen and oxygen atoms in total. The number of aliphatic hydroxyl groups is 1. The van der Waals surface area contributed by atoms with Gasteiger partial charge in [0.1, 0.15) is 18.1 Å². The summed E-state index contributed by atoms with van der Waals surface area (Å²) in [5, 5.41) is 23.2. The first-order chi connectivity index (χ1) is 23.6. The van der Waals surface area contributed by atoms with Crippen molar-refractivity contribution < 1.29 is 29.1 Å². The van der Waals surface area contributed by atoms with Gasteiger partial charge in [0.25, 0.3) is 5.91 Å². The Morgan fingerprint density at radius 1 is 0.863 bits per heavy atom. The SMILES string of the molecule is CC(C)CNC(=O)[C@H]1N(C(=O)[C@@H](O)[C@H](Cc2ccccc2)NC(=O)[C@@H](NC(=O)[C@@H](NC(=O)C(C)(C)C)c2ccccc2)C(C)(C)C)CSC1(C)C. The third-order valence-corrected chi connectivity index (χ3v) is 10.2. The standard InChI is InChI=1S/C39H57N5O6S/c1-24(2)22-40-34(48)31-39(9,10)51-23-44(31)35(49)29(45)27(21-25-17-13-11-14-18-25)41-33(47)30(37(3,4)5)43-32(46)28(26-19-15-12-16-20-26)42-36(50)38(6,7)8/h11-20,24,27-31,45H,21-23H2,1-10H3,(H,40,48)(H,41,47)(H,42,50)(H,43,46)/t27-,28-,29-,30+,31+/m0/s1. The Morgan fingerprint density at radius 2 is 1.43 bits per heavy atom. The molecular formula is C39H57N5O6S. The number of carbonyl (C=O) groups excluding carboxylic acids is 5. The third kappa shape index (κ3) is 11.3. The lowest BCUT2D eigenvalue weighted by atomic mass is 9.85. The van der Waals surface area contributed by atoms with Gasteiger partial charge < -0.3 is 31.3 Å². The van der Waals surface area contributed by atoms with E-state index in [-0.39, 0.29) is 30.0 Å². The molecule has 1 aliphatic heterocycles. The Labute approximate surface area is 307 Å². The molecule has 5 amide bonds. The van der Waals surface area contributed by atoms with Crippen LogP contribution in [0.1, 0.15) is 86.4 Å². The van der Waals surface area contributed by atoms with Gasteiger partial charge in [0.2, 0.25) is 23.6 Å². The fourth-order valence-corrected chi connectivity index (χ4v) is 6.87. The highest BCUT2D eigenvalue weighted by Gasteiger charge is 2.50. The molecule has 12 heteroatoms. The number of benzene rings is 2. The minimum absolute atomic E-state index is 0.104. The molecule has 0 saturated carbocycles. The highest BCUT2D eigenvalue weighted by atomic mass is 32.2. The number of hydrogen-bond donors (Lipinski definition) is 5. The zero-order valence-corrected chi connectivity index (χ0v) is 32.5. The Bertz CT molecular complexity index is 1520. The van der Waals surface area contributed by atoms with E-state index in [4.69, 9.17) is 0 Å². The van der Waals surface area contributed by atoms with Crippen LogP contribution in [0, 0.1) is 16.7 Å². The number of rotatable bonds is 13. The second-order valence-electron chi connectivity index (χ2n) is 16.4. The molecule has 0 bridgehead atoms. The molecule has 280 valence electrons. The molecule has 0 aromatic heterocycles. The van der Waals surface area contributed by atoms with Crippen molar-refractivity contribution in [3.05, 3.63) is 71.8 Å². The Hall–Kier alpha value is -3.90. The molecule has 5 atom stereocenters. The molecule has 0 radical (unpaired) electrons. The number of amides is 5. The molecule has 0 unspecified atom stereocenters. The van der Waals surface area contributed by atoms with Crippen LogP contribution in [0.2, 0.25) is 0 Å². The number of thioether (sulfide) groups is 1. The van der Waals surface area contributed by atoms with E-state index in [0.717, 1.165) is 5.56 Å². The van der Waals surface area contributed by atoms with Crippen molar-refractivity contribution in [1.29, 1.82) is 0 Å². The topological polar surface area (TPSA) is 157 Å². The summed E-state index contributed by atoms with van der Waals surface area (Å²) in [6.07, 6.45) is -1.60. The molecule has 1 fully saturated rings. The number of nitrogens with one attached hydrogen (secondary N) is 4. The molecule has 1 aliphatic rings. The maximum absolute atomic E-state index is 14.2. The second-order valence-corrected chi connectivity index (χ2v) is 17.9. The van der Waals surface area contributed by atoms with Gasteiger partial charge >= 0.3 is 0 Å². The van der Waals surface area contributed by atoms with Crippen molar-refractivity contribution in [2.24, 2.45) is 16.7 Å². The van der Waals surface area contributed by atoms with Crippen LogP contribution in [-0.4, -0.2) is 80.9 Å². The van der Waals surface area contributed by atoms with Gasteiger partial charge in [-0.1, -0.05) is 116 Å². The summed E-state index contributed by atoms with van der Waals surface area (Å²) in [6, 6.07) is 13.8. The first-order valence-corrected chi connectivity index (χ1v) is 18.5. The molecule has 1 saturated heterocycles. The van der Waals surface area contributed by atoms with E-state index in [1.54, 1.807) is 71.9 Å². The Balaban J connectivity index is 1.93. The number of nitrogens with zero attached hydrogens (tertiary/aromatic N) is 1. The molecule has 0 spiro atoms. The van der Waals surface area contributed by atoms with Crippen molar-refractivity contribution in [2.45, 2.75) is 111 Å². The second kappa shape index (κ2) is 17.1. The lowest BCUT2D eigenvalue weighted by molar-refractivity contribution is -0.148. The summed E-state index contributed by atoms with van der Waals surface area (Å²) in [5.74, 6) is -2.12. The van der Waals surface area contributed by atoms with Crippen molar-refractivity contribution in [1.82, 2.24) is 26.2 Å². The van der Waals surface area contributed by atoms with E-state index < -0.39 is 63.6 Å². The normalized spacial score (nSPS) is 18.3. The highest BCUT2D eigenvalue weighted by Crippen LogP contribution is 2.40. The Kier molecular flexibility index (Phi) is 13.9. The predicted molar refractivity (Wildman–Crippen MR) is 201 cm³/mol. The third-order valence-electron chi connectivity index (χ3n) is 8.79. The van der Waals surface area contributed by atoms with Gasteiger partial charge in [-0.05, 0) is 42.7 Å². The average molecular weight is 724 g/mol. The summed E-state index contributed by atoms with van der Waals surface area (Å²) in [7, 11) is 0. The van der Waals surface area contributed by atoms with E-state index in [0.29, 0.717) is 12.1 Å². The fourth-order valence-electron chi connectivity index (χ4n) is 5.73. The minimum atomic E-state index is -1.71. The van der Waals surface area contributed by atoms with E-state index in [1.165, 1.54) is 16.7 Å². The van der Waals surface area contributed by atoms with E-state index >= 15 is 0 Å². The summed E-state index contributed by atoms with van der Waals surface area (Å²) in [5.41, 5.74) is -0.292. The zero-order chi connectivity index (χ0) is 38.3. The van der Waals surface area contributed by atoms with Gasteiger partial charge in [-0.3, -0.25) is 24.0 Å². The van der Waals surface area contributed by atoms with Crippen LogP contribution in [-0.2, 0) is 30.4 Å². The first kappa shape index (κ1) is 41.5. The summed E-state index contributed by atoms with van der Waals surface area (Å²) >= 11 is 1.44. The van der Waals surface area contributed by atoms with E-state index in [1.807, 2.05) is 58.0 Å². The quantitative estimate of drug-likeness (QED) is 0.210. The zero-order valence-electron chi connectivity index (χ0n) is 31.7. The van der Waals surface area contributed by atoms with Gasteiger partial charge in [-0.25, -0.2) is 0 Å². The molecule has 1 heterocycles. The van der Waals surface area contributed by atoms with Crippen LogP contribution in [0.3, 0.4) is 0 Å². The monoisotopic (exact) mass is 723 g/mol. The van der Waals surface area contributed by atoms with Crippen molar-refractivity contribution in [3.8, 4) is 0 Å². The summed E-state index contributed by atoms with van der Waals surface area (Å²) < 4.78 is -0.617. The van der Waals surface area contributed by atoms with Crippen LogP contribution < -0.4 is 21.3 Å². The largest absolute Gasteiger partial charge is 0.381 e. The maximum atomic E-state index is 14.2. The predicted octanol–water partition coefficient (Wildman–Crippen LogP) is 3.96. The van der Waals surface area contributed by atoms with Gasteiger partial charge in [0.15, 0.2) is 6.10 Å². The molecule has 0 aliphatic carbocycles. The van der Waals surface area contributed by atoms with Gasteiger partial charge in [-0.2, -0.15) is 0 Å². The fraction of sp³-hybridized carbons (Fsp3) is 0.564. The smallest absolute Gasteiger partial charge is 0.254 e. The van der Waals surface area contributed by atoms with Gasteiger partial charge in [0, 0.05) is 16.7 Å². The summed E-state index contributed by atoms with van der Waals surface area (Å²) in [4.78, 5) is 70.1. The number of carbonyl (C=O) groups is 5. The van der Waals surface area contributed by atoms with E-state index in [2.05, 4.69) is 21.3 Å². The highest BCUT2D eigenvalue weighted by molar-refractivity contribution is 8.00. The number of aliphatic hydroxyl groups excluding tert-OH is 1. The lowest BCUT2D eigenvalue weighted by Crippen LogP contribution is -2.62. The molecular weight excluding hydrogens is 667 g/mol. The van der Waals surface area contributed by atoms with E-state index in [9.17, 15) is 29.1 Å². The number of hydrogen-bond acceptors (Lipinski definition) is 7. The van der Waals surface area contributed by atoms with Crippen LogP contribution in [0.15, 0.2) is 60.7 Å². The molecule has 5 N–H and O–H groups in total. The van der Waals surface area contributed by atoms with Crippen LogP contribution >= 0.6 is 11.8 Å². The lowest BCUT2D eigenvalue weighted by Gasteiger charge is -2.36. The minimum Gasteiger partial charge on any atom is -0.381 e. The van der Waals surface area contributed by atoms with Gasteiger partial charge in [0.05, 0.1) is 11.9 Å². The van der Waals surface area contributed by atoms with Crippen LogP contribution in [0.5, 0.6) is 0 Å². The molecule has 2 aromatic carbocycles.